The molecule has 1 aliphatic rings. The molecule has 8 nitrogen and oxygen atoms in total. The summed E-state index contributed by atoms with van der Waals surface area (Å²) in [5.74, 6) is 1.97. The van der Waals surface area contributed by atoms with E-state index in [1.807, 2.05) is 24.3 Å². The SMILES string of the molecule is COc1ccc(CCNC(=O)C2CCN(C(=O)c3cc(OC)c(OC)c(OC)c3)CC2)cc1. The number of carbonyl (C=O) groups excluding carboxylic acids is 2. The molecule has 1 aliphatic heterocycles. The maximum absolute atomic E-state index is 13.1. The van der Waals surface area contributed by atoms with E-state index in [9.17, 15) is 9.59 Å². The Hall–Kier alpha value is -3.42. The van der Waals surface area contributed by atoms with Crippen LogP contribution in [-0.2, 0) is 11.2 Å². The Morgan fingerprint density at radius 3 is 2.03 bits per heavy atom. The van der Waals surface area contributed by atoms with Crippen molar-refractivity contribution in [2.24, 2.45) is 5.92 Å². The summed E-state index contributed by atoms with van der Waals surface area (Å²) in [7, 11) is 6.20. The number of hydrogen-bond donors (Lipinski definition) is 1. The lowest BCUT2D eigenvalue weighted by Gasteiger charge is -2.31. The highest BCUT2D eigenvalue weighted by Crippen LogP contribution is 2.38. The van der Waals surface area contributed by atoms with Crippen molar-refractivity contribution in [1.29, 1.82) is 0 Å². The molecule has 0 unspecified atom stereocenters. The summed E-state index contributed by atoms with van der Waals surface area (Å²) in [5.41, 5.74) is 1.61. The molecule has 1 heterocycles. The molecule has 2 aromatic carbocycles. The van der Waals surface area contributed by atoms with Crippen molar-refractivity contribution < 1.29 is 28.5 Å². The van der Waals surface area contributed by atoms with E-state index in [1.54, 1.807) is 24.1 Å². The van der Waals surface area contributed by atoms with Crippen molar-refractivity contribution in [1.82, 2.24) is 10.2 Å². The fourth-order valence-corrected chi connectivity index (χ4v) is 4.00. The Bertz CT molecular complexity index is 927. The highest BCUT2D eigenvalue weighted by atomic mass is 16.5. The molecule has 33 heavy (non-hydrogen) atoms. The Labute approximate surface area is 194 Å². The van der Waals surface area contributed by atoms with Crippen LogP contribution in [0.3, 0.4) is 0 Å². The second-order valence-electron chi connectivity index (χ2n) is 7.87. The van der Waals surface area contributed by atoms with Crippen molar-refractivity contribution in [3.05, 3.63) is 47.5 Å². The van der Waals surface area contributed by atoms with Gasteiger partial charge in [-0.1, -0.05) is 12.1 Å². The first kappa shape index (κ1) is 24.2. The van der Waals surface area contributed by atoms with Gasteiger partial charge in [0, 0.05) is 31.1 Å². The molecule has 1 N–H and O–H groups in total. The van der Waals surface area contributed by atoms with Gasteiger partial charge in [0.25, 0.3) is 5.91 Å². The van der Waals surface area contributed by atoms with Crippen molar-refractivity contribution in [3.8, 4) is 23.0 Å². The summed E-state index contributed by atoms with van der Waals surface area (Å²) >= 11 is 0. The second-order valence-corrected chi connectivity index (χ2v) is 7.87. The smallest absolute Gasteiger partial charge is 0.254 e. The monoisotopic (exact) mass is 456 g/mol. The molecule has 0 aromatic heterocycles. The number of methoxy groups -OCH3 is 4. The van der Waals surface area contributed by atoms with Gasteiger partial charge >= 0.3 is 0 Å². The first-order valence-corrected chi connectivity index (χ1v) is 11.0. The third-order valence-electron chi connectivity index (χ3n) is 5.94. The Balaban J connectivity index is 1.51. The molecule has 1 fully saturated rings. The standard InChI is InChI=1S/C25H32N2O6/c1-30-20-7-5-17(6-8-20)9-12-26-24(28)18-10-13-27(14-11-18)25(29)19-15-21(31-2)23(33-4)22(16-19)32-3/h5-8,15-16,18H,9-14H2,1-4H3,(H,26,28). The molecule has 2 aromatic rings. The Kier molecular flexibility index (Phi) is 8.40. The third kappa shape index (κ3) is 5.88. The van der Waals surface area contributed by atoms with E-state index in [1.165, 1.54) is 21.3 Å². The number of likely N-dealkylation sites (tertiary alicyclic amines) is 1. The van der Waals surface area contributed by atoms with E-state index < -0.39 is 0 Å². The number of carbonyl (C=O) groups is 2. The topological polar surface area (TPSA) is 86.3 Å². The maximum atomic E-state index is 13.1. The normalized spacial score (nSPS) is 13.9. The van der Waals surface area contributed by atoms with E-state index in [0.717, 1.165) is 17.7 Å². The minimum absolute atomic E-state index is 0.0448. The Morgan fingerprint density at radius 1 is 0.909 bits per heavy atom. The molecular formula is C25H32N2O6. The van der Waals surface area contributed by atoms with Crippen LogP contribution in [0.25, 0.3) is 0 Å². The van der Waals surface area contributed by atoms with E-state index >= 15 is 0 Å². The van der Waals surface area contributed by atoms with Gasteiger partial charge in [-0.3, -0.25) is 9.59 Å². The van der Waals surface area contributed by atoms with Crippen molar-refractivity contribution in [3.63, 3.8) is 0 Å². The number of ether oxygens (including phenoxy) is 4. The number of piperidine rings is 1. The van der Waals surface area contributed by atoms with Crippen molar-refractivity contribution >= 4 is 11.8 Å². The summed E-state index contributed by atoms with van der Waals surface area (Å²) in [6.45, 7) is 1.62. The van der Waals surface area contributed by atoms with E-state index in [4.69, 9.17) is 18.9 Å². The summed E-state index contributed by atoms with van der Waals surface area (Å²) in [6.07, 6.45) is 2.02. The van der Waals surface area contributed by atoms with Gasteiger partial charge < -0.3 is 29.2 Å². The molecular weight excluding hydrogens is 424 g/mol. The van der Waals surface area contributed by atoms with Crippen LogP contribution in [-0.4, -0.2) is 64.8 Å². The third-order valence-corrected chi connectivity index (χ3v) is 5.94. The average molecular weight is 457 g/mol. The molecule has 0 atom stereocenters. The maximum Gasteiger partial charge on any atom is 0.254 e. The Morgan fingerprint density at radius 2 is 1.52 bits per heavy atom. The molecule has 178 valence electrons. The summed E-state index contributed by atoms with van der Waals surface area (Å²) in [4.78, 5) is 27.4. The van der Waals surface area contributed by atoms with Crippen LogP contribution in [0.15, 0.2) is 36.4 Å². The molecule has 2 amide bonds. The van der Waals surface area contributed by atoms with Crippen LogP contribution in [0.4, 0.5) is 0 Å². The predicted molar refractivity (Wildman–Crippen MR) is 124 cm³/mol. The molecule has 0 saturated carbocycles. The van der Waals surface area contributed by atoms with Gasteiger partial charge in [-0.05, 0) is 49.1 Å². The summed E-state index contributed by atoms with van der Waals surface area (Å²) < 4.78 is 21.2. The summed E-state index contributed by atoms with van der Waals surface area (Å²) in [6, 6.07) is 11.1. The molecule has 8 heteroatoms. The number of amides is 2. The highest BCUT2D eigenvalue weighted by Gasteiger charge is 2.28. The fraction of sp³-hybridized carbons (Fsp3) is 0.440. The number of nitrogens with one attached hydrogen (secondary N) is 1. The lowest BCUT2D eigenvalue weighted by molar-refractivity contribution is -0.126. The number of rotatable bonds is 9. The van der Waals surface area contributed by atoms with Crippen LogP contribution in [0.2, 0.25) is 0 Å². The highest BCUT2D eigenvalue weighted by molar-refractivity contribution is 5.96. The van der Waals surface area contributed by atoms with Gasteiger partial charge in [0.2, 0.25) is 11.7 Å². The van der Waals surface area contributed by atoms with Crippen LogP contribution in [0.1, 0.15) is 28.8 Å². The molecule has 0 radical (unpaired) electrons. The van der Waals surface area contributed by atoms with Gasteiger partial charge in [-0.25, -0.2) is 0 Å². The zero-order valence-corrected chi connectivity index (χ0v) is 19.7. The van der Waals surface area contributed by atoms with Crippen molar-refractivity contribution in [2.45, 2.75) is 19.3 Å². The molecule has 0 aliphatic carbocycles. The molecule has 1 saturated heterocycles. The minimum Gasteiger partial charge on any atom is -0.497 e. The van der Waals surface area contributed by atoms with Gasteiger partial charge in [-0.2, -0.15) is 0 Å². The number of benzene rings is 2. The quantitative estimate of drug-likeness (QED) is 0.625. The first-order chi connectivity index (χ1) is 16.0. The van der Waals surface area contributed by atoms with Crippen LogP contribution in [0.5, 0.6) is 23.0 Å². The zero-order chi connectivity index (χ0) is 23.8. The molecule has 0 spiro atoms. The zero-order valence-electron chi connectivity index (χ0n) is 19.7. The van der Waals surface area contributed by atoms with Gasteiger partial charge in [0.1, 0.15) is 5.75 Å². The van der Waals surface area contributed by atoms with Gasteiger partial charge in [0.15, 0.2) is 11.5 Å². The van der Waals surface area contributed by atoms with Gasteiger partial charge in [0.05, 0.1) is 28.4 Å². The van der Waals surface area contributed by atoms with Crippen LogP contribution >= 0.6 is 0 Å². The number of nitrogens with zero attached hydrogens (tertiary/aromatic N) is 1. The lowest BCUT2D eigenvalue weighted by atomic mass is 9.95. The number of hydrogen-bond acceptors (Lipinski definition) is 6. The molecule has 3 rings (SSSR count). The van der Waals surface area contributed by atoms with Crippen LogP contribution in [0, 0.1) is 5.92 Å². The molecule has 0 bridgehead atoms. The lowest BCUT2D eigenvalue weighted by Crippen LogP contribution is -2.43. The average Bonchev–Trinajstić information content (AvgIpc) is 2.87. The van der Waals surface area contributed by atoms with Crippen molar-refractivity contribution in [2.75, 3.05) is 48.1 Å². The summed E-state index contributed by atoms with van der Waals surface area (Å²) in [5, 5.41) is 3.03. The van der Waals surface area contributed by atoms with E-state index in [2.05, 4.69) is 5.32 Å². The largest absolute Gasteiger partial charge is 0.497 e. The minimum atomic E-state index is -0.118. The van der Waals surface area contributed by atoms with E-state index in [-0.39, 0.29) is 17.7 Å². The van der Waals surface area contributed by atoms with Gasteiger partial charge in [-0.15, -0.1) is 0 Å². The predicted octanol–water partition coefficient (Wildman–Crippen LogP) is 2.93. The second kappa shape index (κ2) is 11.4. The van der Waals surface area contributed by atoms with E-state index in [0.29, 0.717) is 55.3 Å². The first-order valence-electron chi connectivity index (χ1n) is 11.0. The fourth-order valence-electron chi connectivity index (χ4n) is 4.00. The van der Waals surface area contributed by atoms with Crippen LogP contribution < -0.4 is 24.3 Å².